The lowest BCUT2D eigenvalue weighted by Crippen LogP contribution is -2.30. The third kappa shape index (κ3) is 58.1. The second-order valence-electron chi connectivity index (χ2n) is 18.8. The average molecular weight is 1010 g/mol. The summed E-state index contributed by atoms with van der Waals surface area (Å²) in [5, 5.41) is 0. The fourth-order valence-electron chi connectivity index (χ4n) is 7.58. The van der Waals surface area contributed by atoms with E-state index in [-0.39, 0.29) is 38.0 Å². The van der Waals surface area contributed by atoms with E-state index in [9.17, 15) is 14.4 Å². The third-order valence-electron chi connectivity index (χ3n) is 11.8. The van der Waals surface area contributed by atoms with Gasteiger partial charge < -0.3 is 14.2 Å². The Labute approximate surface area is 448 Å². The van der Waals surface area contributed by atoms with Gasteiger partial charge in [0.2, 0.25) is 0 Å². The normalized spacial score (nSPS) is 13.2. The molecule has 1 atom stereocenters. The van der Waals surface area contributed by atoms with Crippen molar-refractivity contribution in [1.29, 1.82) is 0 Å². The maximum Gasteiger partial charge on any atom is 0.306 e. The zero-order valence-electron chi connectivity index (χ0n) is 46.8. The van der Waals surface area contributed by atoms with Gasteiger partial charge in [-0.25, -0.2) is 0 Å². The summed E-state index contributed by atoms with van der Waals surface area (Å²) in [6.07, 6.45) is 86.1. The van der Waals surface area contributed by atoms with Crippen molar-refractivity contribution in [3.05, 3.63) is 146 Å². The van der Waals surface area contributed by atoms with Crippen LogP contribution in [0.25, 0.3) is 0 Å². The van der Waals surface area contributed by atoms with Gasteiger partial charge >= 0.3 is 17.9 Å². The molecule has 0 fully saturated rings. The zero-order valence-corrected chi connectivity index (χ0v) is 46.8. The number of allylic oxidation sites excluding steroid dienone is 24. The van der Waals surface area contributed by atoms with Gasteiger partial charge in [-0.1, -0.05) is 256 Å². The molecule has 0 aromatic carbocycles. The Bertz CT molecular complexity index is 1630. The Morgan fingerprint density at radius 3 is 0.849 bits per heavy atom. The van der Waals surface area contributed by atoms with Gasteiger partial charge in [0.15, 0.2) is 6.10 Å². The van der Waals surface area contributed by atoms with Crippen LogP contribution in [0.5, 0.6) is 0 Å². The molecule has 0 spiro atoms. The first-order valence-corrected chi connectivity index (χ1v) is 29.3. The predicted octanol–water partition coefficient (Wildman–Crippen LogP) is 20.0. The molecule has 0 saturated heterocycles. The van der Waals surface area contributed by atoms with Crippen LogP contribution in [0.2, 0.25) is 0 Å². The van der Waals surface area contributed by atoms with Crippen LogP contribution in [0.15, 0.2) is 146 Å². The van der Waals surface area contributed by atoms with Crippen LogP contribution in [-0.2, 0) is 28.6 Å². The lowest BCUT2D eigenvalue weighted by Gasteiger charge is -2.18. The summed E-state index contributed by atoms with van der Waals surface area (Å²) in [6, 6.07) is 0. The van der Waals surface area contributed by atoms with Crippen LogP contribution >= 0.6 is 0 Å². The first-order valence-electron chi connectivity index (χ1n) is 29.3. The second kappa shape index (κ2) is 59.8. The van der Waals surface area contributed by atoms with E-state index in [1.54, 1.807) is 0 Å². The second-order valence-corrected chi connectivity index (χ2v) is 18.8. The lowest BCUT2D eigenvalue weighted by molar-refractivity contribution is -0.166. The molecule has 73 heavy (non-hydrogen) atoms. The van der Waals surface area contributed by atoms with E-state index in [0.29, 0.717) is 19.3 Å². The largest absolute Gasteiger partial charge is 0.462 e. The average Bonchev–Trinajstić information content (AvgIpc) is 3.39. The molecule has 1 unspecified atom stereocenters. The molecule has 0 rings (SSSR count). The molecule has 0 radical (unpaired) electrons. The number of hydrogen-bond acceptors (Lipinski definition) is 6. The van der Waals surface area contributed by atoms with Crippen molar-refractivity contribution in [2.24, 2.45) is 0 Å². The molecule has 0 aliphatic carbocycles. The number of rotatable bonds is 51. The zero-order chi connectivity index (χ0) is 52.9. The van der Waals surface area contributed by atoms with Crippen LogP contribution in [-0.4, -0.2) is 37.2 Å². The molecule has 0 saturated carbocycles. The van der Waals surface area contributed by atoms with Crippen molar-refractivity contribution in [3.8, 4) is 0 Å². The van der Waals surface area contributed by atoms with Gasteiger partial charge in [-0.3, -0.25) is 14.4 Å². The molecule has 0 aliphatic rings. The molecule has 0 amide bonds. The van der Waals surface area contributed by atoms with E-state index >= 15 is 0 Å². The number of ether oxygens (including phenoxy) is 3. The highest BCUT2D eigenvalue weighted by atomic mass is 16.6. The molecule has 6 nitrogen and oxygen atoms in total. The first kappa shape index (κ1) is 68.3. The Hall–Kier alpha value is -4.71. The smallest absolute Gasteiger partial charge is 0.306 e. The Morgan fingerprint density at radius 2 is 0.521 bits per heavy atom. The van der Waals surface area contributed by atoms with Crippen LogP contribution in [0.1, 0.15) is 239 Å². The van der Waals surface area contributed by atoms with Crippen LogP contribution in [0.3, 0.4) is 0 Å². The monoisotopic (exact) mass is 1010 g/mol. The van der Waals surface area contributed by atoms with E-state index in [0.717, 1.165) is 96.3 Å². The molecular formula is C67H106O6. The number of carbonyl (C=O) groups excluding carboxylic acids is 3. The highest BCUT2D eigenvalue weighted by Crippen LogP contribution is 2.15. The topological polar surface area (TPSA) is 78.9 Å². The first-order chi connectivity index (χ1) is 36.0. The lowest BCUT2D eigenvalue weighted by atomic mass is 10.0. The maximum atomic E-state index is 12.8. The Kier molecular flexibility index (Phi) is 56.0. The molecule has 410 valence electrons. The van der Waals surface area contributed by atoms with Crippen LogP contribution < -0.4 is 0 Å². The number of unbranched alkanes of at least 4 members (excludes halogenated alkanes) is 16. The number of hydrogen-bond donors (Lipinski definition) is 0. The third-order valence-corrected chi connectivity index (χ3v) is 11.8. The van der Waals surface area contributed by atoms with Gasteiger partial charge in [0.05, 0.1) is 0 Å². The standard InChI is InChI=1S/C67H106O6/c1-4-7-10-13-16-19-22-25-26-27-28-29-30-31-32-33-34-35-36-37-38-39-40-43-45-48-51-54-57-60-66(69)72-63-64(73-67(70)61-58-55-52-49-46-42-24-21-18-15-12-9-6-3)62-71-65(68)59-56-53-50-47-44-41-23-20-17-14-11-8-5-2/h7-12,16-21,25-26,28-29,41-42,44,46,50,52-53,55,64H,4-6,13-15,22-24,27,30-40,43,45,47-49,51,54,56-63H2,1-3H3/b10-7-,11-8-,12-9-,19-16-,20-17-,21-18-,26-25-,29-28-,44-41-,46-42-,53-50-,55-52-. The minimum atomic E-state index is -0.849. The van der Waals surface area contributed by atoms with E-state index in [4.69, 9.17) is 14.2 Å². The van der Waals surface area contributed by atoms with Gasteiger partial charge in [-0.2, -0.15) is 0 Å². The van der Waals surface area contributed by atoms with Gasteiger partial charge in [0.25, 0.3) is 0 Å². The molecule has 0 N–H and O–H groups in total. The molecular weight excluding hydrogens is 901 g/mol. The van der Waals surface area contributed by atoms with Crippen molar-refractivity contribution in [2.75, 3.05) is 13.2 Å². The van der Waals surface area contributed by atoms with Crippen molar-refractivity contribution >= 4 is 17.9 Å². The molecule has 0 aromatic heterocycles. The van der Waals surface area contributed by atoms with Gasteiger partial charge in [-0.15, -0.1) is 0 Å². The van der Waals surface area contributed by atoms with Crippen molar-refractivity contribution in [2.45, 2.75) is 245 Å². The van der Waals surface area contributed by atoms with E-state index in [1.807, 2.05) is 24.3 Å². The van der Waals surface area contributed by atoms with Crippen LogP contribution in [0.4, 0.5) is 0 Å². The molecule has 0 heterocycles. The Balaban J connectivity index is 4.30. The summed E-state index contributed by atoms with van der Waals surface area (Å²) in [5.41, 5.74) is 0. The number of esters is 3. The highest BCUT2D eigenvalue weighted by Gasteiger charge is 2.19. The van der Waals surface area contributed by atoms with Crippen molar-refractivity contribution in [3.63, 3.8) is 0 Å². The summed E-state index contributed by atoms with van der Waals surface area (Å²) in [5.74, 6) is -1.11. The summed E-state index contributed by atoms with van der Waals surface area (Å²) in [6.45, 7) is 6.16. The maximum absolute atomic E-state index is 12.8. The predicted molar refractivity (Wildman–Crippen MR) is 315 cm³/mol. The van der Waals surface area contributed by atoms with Crippen LogP contribution in [0, 0.1) is 0 Å². The summed E-state index contributed by atoms with van der Waals surface area (Å²) in [4.78, 5) is 38.0. The summed E-state index contributed by atoms with van der Waals surface area (Å²) < 4.78 is 16.7. The molecule has 6 heteroatoms. The van der Waals surface area contributed by atoms with Gasteiger partial charge in [0.1, 0.15) is 13.2 Å². The SMILES string of the molecule is CC/C=C\C/C=C\C/C=C\C/C=C\CCCCCCCCCCCCCCCCCCC(=O)OCC(COC(=O)CC/C=C\C/C=C\C/C=C\C/C=C\CC)OC(=O)CC/C=C\C/C=C\C/C=C\C/C=C\CC. The van der Waals surface area contributed by atoms with Crippen molar-refractivity contribution in [1.82, 2.24) is 0 Å². The van der Waals surface area contributed by atoms with E-state index in [1.165, 1.54) is 89.9 Å². The van der Waals surface area contributed by atoms with Crippen molar-refractivity contribution < 1.29 is 28.6 Å². The quantitative estimate of drug-likeness (QED) is 0.0261. The van der Waals surface area contributed by atoms with Gasteiger partial charge in [-0.05, 0) is 109 Å². The fraction of sp³-hybridized carbons (Fsp3) is 0.597. The minimum absolute atomic E-state index is 0.132. The van der Waals surface area contributed by atoms with E-state index < -0.39 is 12.1 Å². The highest BCUT2D eigenvalue weighted by molar-refractivity contribution is 5.71. The molecule has 0 aromatic rings. The fourth-order valence-corrected chi connectivity index (χ4v) is 7.58. The minimum Gasteiger partial charge on any atom is -0.462 e. The summed E-state index contributed by atoms with van der Waals surface area (Å²) >= 11 is 0. The van der Waals surface area contributed by atoms with Gasteiger partial charge in [0, 0.05) is 19.3 Å². The Morgan fingerprint density at radius 1 is 0.274 bits per heavy atom. The molecule has 0 bridgehead atoms. The summed E-state index contributed by atoms with van der Waals surface area (Å²) in [7, 11) is 0. The number of carbonyl (C=O) groups is 3. The molecule has 0 aliphatic heterocycles. The van der Waals surface area contributed by atoms with E-state index in [2.05, 4.69) is 142 Å².